The Labute approximate surface area is 120 Å². The maximum Gasteiger partial charge on any atom is 0.433 e. The number of carboxylic acids is 1. The normalized spacial score (nSPS) is 16.6. The average molecular weight is 302 g/mol. The second kappa shape index (κ2) is 5.91. The molecule has 2 N–H and O–H groups in total. The summed E-state index contributed by atoms with van der Waals surface area (Å²) < 4.78 is 38.1. The van der Waals surface area contributed by atoms with Crippen LogP contribution in [0.4, 0.5) is 19.0 Å². The molecule has 2 rings (SSSR count). The Morgan fingerprint density at radius 2 is 2.14 bits per heavy atom. The molecule has 21 heavy (non-hydrogen) atoms. The summed E-state index contributed by atoms with van der Waals surface area (Å²) in [6, 6.07) is 1.58. The van der Waals surface area contributed by atoms with E-state index in [-0.39, 0.29) is 17.4 Å². The molecular formula is C14H17F3N2O2. The minimum Gasteiger partial charge on any atom is -0.478 e. The summed E-state index contributed by atoms with van der Waals surface area (Å²) in [6.45, 7) is 1.91. The van der Waals surface area contributed by atoms with Crippen molar-refractivity contribution < 1.29 is 23.1 Å². The van der Waals surface area contributed by atoms with Crippen molar-refractivity contribution in [3.8, 4) is 0 Å². The first kappa shape index (κ1) is 15.6. The summed E-state index contributed by atoms with van der Waals surface area (Å²) in [5, 5.41) is 11.9. The summed E-state index contributed by atoms with van der Waals surface area (Å²) in [4.78, 5) is 14.6. The molecule has 4 nitrogen and oxygen atoms in total. The number of hydrogen-bond acceptors (Lipinski definition) is 3. The molecule has 1 unspecified atom stereocenters. The van der Waals surface area contributed by atoms with Gasteiger partial charge in [-0.15, -0.1) is 0 Å². The third-order valence-electron chi connectivity index (χ3n) is 3.56. The van der Waals surface area contributed by atoms with E-state index >= 15 is 0 Å². The predicted molar refractivity (Wildman–Crippen MR) is 71.2 cm³/mol. The largest absolute Gasteiger partial charge is 0.478 e. The van der Waals surface area contributed by atoms with Gasteiger partial charge < -0.3 is 10.4 Å². The highest BCUT2D eigenvalue weighted by Gasteiger charge is 2.34. The quantitative estimate of drug-likeness (QED) is 0.839. The van der Waals surface area contributed by atoms with Crippen LogP contribution in [-0.4, -0.2) is 22.1 Å². The fourth-order valence-corrected chi connectivity index (χ4v) is 2.18. The monoisotopic (exact) mass is 302 g/mol. The van der Waals surface area contributed by atoms with Crippen molar-refractivity contribution in [1.29, 1.82) is 0 Å². The van der Waals surface area contributed by atoms with Crippen LogP contribution in [-0.2, 0) is 6.18 Å². The zero-order chi connectivity index (χ0) is 15.6. The molecule has 1 aromatic heterocycles. The van der Waals surface area contributed by atoms with Gasteiger partial charge in [-0.2, -0.15) is 13.2 Å². The van der Waals surface area contributed by atoms with Crippen molar-refractivity contribution in [1.82, 2.24) is 4.98 Å². The van der Waals surface area contributed by atoms with E-state index in [4.69, 9.17) is 5.11 Å². The van der Waals surface area contributed by atoms with Crippen molar-refractivity contribution in [2.24, 2.45) is 5.92 Å². The van der Waals surface area contributed by atoms with Gasteiger partial charge >= 0.3 is 12.1 Å². The Hall–Kier alpha value is -1.79. The third kappa shape index (κ3) is 4.09. The Morgan fingerprint density at radius 1 is 1.48 bits per heavy atom. The van der Waals surface area contributed by atoms with E-state index in [2.05, 4.69) is 10.3 Å². The van der Waals surface area contributed by atoms with E-state index in [1.54, 1.807) is 0 Å². The second-order valence-electron chi connectivity index (χ2n) is 5.32. The molecule has 0 spiro atoms. The number of aromatic nitrogens is 1. The summed E-state index contributed by atoms with van der Waals surface area (Å²) in [6.07, 6.45) is -0.813. The second-order valence-corrected chi connectivity index (χ2v) is 5.32. The molecule has 116 valence electrons. The van der Waals surface area contributed by atoms with Crippen molar-refractivity contribution in [2.45, 2.75) is 44.8 Å². The van der Waals surface area contributed by atoms with E-state index in [1.807, 2.05) is 6.92 Å². The lowest BCUT2D eigenvalue weighted by atomic mass is 10.1. The van der Waals surface area contributed by atoms with Crippen molar-refractivity contribution in [3.63, 3.8) is 0 Å². The summed E-state index contributed by atoms with van der Waals surface area (Å²) in [5.41, 5.74) is -1.33. The first-order valence-electron chi connectivity index (χ1n) is 6.89. The lowest BCUT2D eigenvalue weighted by Crippen LogP contribution is -2.23. The molecule has 0 aliphatic heterocycles. The number of hydrogen-bond donors (Lipinski definition) is 2. The van der Waals surface area contributed by atoms with Crippen LogP contribution in [0.3, 0.4) is 0 Å². The fraction of sp³-hybridized carbons (Fsp3) is 0.571. The number of halogens is 3. The highest BCUT2D eigenvalue weighted by molar-refractivity contribution is 5.93. The number of nitrogens with one attached hydrogen (secondary N) is 1. The van der Waals surface area contributed by atoms with Crippen molar-refractivity contribution in [3.05, 3.63) is 23.4 Å². The van der Waals surface area contributed by atoms with Gasteiger partial charge in [0.15, 0.2) is 0 Å². The topological polar surface area (TPSA) is 62.2 Å². The van der Waals surface area contributed by atoms with Crippen molar-refractivity contribution >= 4 is 11.8 Å². The van der Waals surface area contributed by atoms with Crippen molar-refractivity contribution in [2.75, 3.05) is 5.32 Å². The van der Waals surface area contributed by atoms with Crippen LogP contribution in [0.15, 0.2) is 12.1 Å². The van der Waals surface area contributed by atoms with Crippen LogP contribution in [0.5, 0.6) is 0 Å². The van der Waals surface area contributed by atoms with Crippen LogP contribution in [0.25, 0.3) is 0 Å². The molecular weight excluding hydrogens is 285 g/mol. The average Bonchev–Trinajstić information content (AvgIpc) is 3.20. The van der Waals surface area contributed by atoms with Crippen LogP contribution in [0, 0.1) is 5.92 Å². The molecule has 1 aliphatic rings. The molecule has 0 aromatic carbocycles. The molecule has 1 saturated carbocycles. The molecule has 1 heterocycles. The number of nitrogens with zero attached hydrogens (tertiary/aromatic N) is 1. The fourth-order valence-electron chi connectivity index (χ4n) is 2.18. The summed E-state index contributed by atoms with van der Waals surface area (Å²) in [7, 11) is 0. The summed E-state index contributed by atoms with van der Waals surface area (Å²) in [5.74, 6) is -0.911. The number of carboxylic acid groups (broad SMARTS) is 1. The van der Waals surface area contributed by atoms with E-state index in [0.717, 1.165) is 25.3 Å². The first-order valence-corrected chi connectivity index (χ1v) is 6.89. The standard InChI is InChI=1S/C14H17F3N2O2/c1-2-9(7-8-3-4-8)18-12-10(13(20)21)5-6-11(19-12)14(15,16)17/h5-6,8-9H,2-4,7H2,1H3,(H,18,19)(H,20,21). The maximum absolute atomic E-state index is 12.7. The Balaban J connectivity index is 2.26. The van der Waals surface area contributed by atoms with E-state index < -0.39 is 17.8 Å². The molecule has 1 aromatic rings. The number of alkyl halides is 3. The predicted octanol–water partition coefficient (Wildman–Crippen LogP) is 3.79. The molecule has 1 atom stereocenters. The van der Waals surface area contributed by atoms with Gasteiger partial charge in [0.05, 0.1) is 0 Å². The van der Waals surface area contributed by atoms with Crippen LogP contribution < -0.4 is 5.32 Å². The highest BCUT2D eigenvalue weighted by Crippen LogP contribution is 2.35. The first-order chi connectivity index (χ1) is 9.81. The lowest BCUT2D eigenvalue weighted by Gasteiger charge is -2.19. The number of aromatic carboxylic acids is 1. The lowest BCUT2D eigenvalue weighted by molar-refractivity contribution is -0.141. The molecule has 0 amide bonds. The zero-order valence-electron chi connectivity index (χ0n) is 11.6. The van der Waals surface area contributed by atoms with Gasteiger partial charge in [0.1, 0.15) is 17.1 Å². The minimum atomic E-state index is -4.59. The third-order valence-corrected chi connectivity index (χ3v) is 3.56. The highest BCUT2D eigenvalue weighted by atomic mass is 19.4. The Morgan fingerprint density at radius 3 is 2.62 bits per heavy atom. The molecule has 1 fully saturated rings. The van der Waals surface area contributed by atoms with Gasteiger partial charge in [0.2, 0.25) is 0 Å². The van der Waals surface area contributed by atoms with Crippen LogP contribution in [0.2, 0.25) is 0 Å². The van der Waals surface area contributed by atoms with Crippen LogP contribution >= 0.6 is 0 Å². The maximum atomic E-state index is 12.7. The molecule has 0 radical (unpaired) electrons. The SMILES string of the molecule is CCC(CC1CC1)Nc1nc(C(F)(F)F)ccc1C(=O)O. The van der Waals surface area contributed by atoms with Gasteiger partial charge in [-0.3, -0.25) is 0 Å². The Bertz CT molecular complexity index is 527. The van der Waals surface area contributed by atoms with Gasteiger partial charge in [0.25, 0.3) is 0 Å². The van der Waals surface area contributed by atoms with Crippen LogP contribution in [0.1, 0.15) is 48.7 Å². The van der Waals surface area contributed by atoms with Gasteiger partial charge in [-0.25, -0.2) is 9.78 Å². The number of rotatable bonds is 6. The molecule has 0 bridgehead atoms. The number of carbonyl (C=O) groups is 1. The van der Waals surface area contributed by atoms with Gasteiger partial charge in [0, 0.05) is 6.04 Å². The molecule has 0 saturated heterocycles. The van der Waals surface area contributed by atoms with E-state index in [0.29, 0.717) is 18.4 Å². The van der Waals surface area contributed by atoms with Gasteiger partial charge in [-0.05, 0) is 30.9 Å². The number of anilines is 1. The zero-order valence-corrected chi connectivity index (χ0v) is 11.6. The Kier molecular flexibility index (Phi) is 4.39. The molecule has 1 aliphatic carbocycles. The van der Waals surface area contributed by atoms with Gasteiger partial charge in [-0.1, -0.05) is 19.8 Å². The van der Waals surface area contributed by atoms with E-state index in [9.17, 15) is 18.0 Å². The number of pyridine rings is 1. The molecule has 7 heteroatoms. The smallest absolute Gasteiger partial charge is 0.433 e. The minimum absolute atomic E-state index is 0.0633. The van der Waals surface area contributed by atoms with E-state index in [1.165, 1.54) is 0 Å². The summed E-state index contributed by atoms with van der Waals surface area (Å²) >= 11 is 0.